The predicted molar refractivity (Wildman–Crippen MR) is 120 cm³/mol. The number of para-hydroxylation sites is 1. The van der Waals surface area contributed by atoms with Gasteiger partial charge in [-0.2, -0.15) is 4.98 Å². The van der Waals surface area contributed by atoms with Crippen LogP contribution in [0.2, 0.25) is 0 Å². The summed E-state index contributed by atoms with van der Waals surface area (Å²) in [6.07, 6.45) is 1.44. The lowest BCUT2D eigenvalue weighted by Gasteiger charge is -2.35. The Hall–Kier alpha value is -3.75. The molecule has 4 rings (SSSR count). The number of benzene rings is 1. The summed E-state index contributed by atoms with van der Waals surface area (Å²) in [7, 11) is 0. The summed E-state index contributed by atoms with van der Waals surface area (Å²) in [5.74, 6) is 2.49. The molecule has 0 bridgehead atoms. The predicted octanol–water partition coefficient (Wildman–Crippen LogP) is 2.10. The van der Waals surface area contributed by atoms with Crippen LogP contribution in [0.5, 0.6) is 11.6 Å². The molecule has 1 amide bonds. The first kappa shape index (κ1) is 21.5. The molecule has 9 heteroatoms. The zero-order chi connectivity index (χ0) is 22.7. The molecule has 0 spiro atoms. The van der Waals surface area contributed by atoms with Crippen LogP contribution < -0.4 is 15.2 Å². The highest BCUT2D eigenvalue weighted by Gasteiger charge is 2.23. The number of ether oxygens (including phenoxy) is 1. The zero-order valence-corrected chi connectivity index (χ0v) is 18.5. The summed E-state index contributed by atoms with van der Waals surface area (Å²) in [6, 6.07) is 11.3. The summed E-state index contributed by atoms with van der Waals surface area (Å²) in [6.45, 7) is 7.69. The summed E-state index contributed by atoms with van der Waals surface area (Å²) >= 11 is 0. The quantitative estimate of drug-likeness (QED) is 0.607. The van der Waals surface area contributed by atoms with E-state index in [1.54, 1.807) is 18.7 Å². The van der Waals surface area contributed by atoms with E-state index in [4.69, 9.17) is 4.74 Å². The van der Waals surface area contributed by atoms with Gasteiger partial charge in [0.1, 0.15) is 23.9 Å². The molecule has 9 nitrogen and oxygen atoms in total. The Bertz CT molecular complexity index is 1170. The second kappa shape index (κ2) is 9.17. The molecule has 0 radical (unpaired) electrons. The number of anilines is 1. The van der Waals surface area contributed by atoms with E-state index >= 15 is 0 Å². The lowest BCUT2D eigenvalue weighted by atomic mass is 10.2. The van der Waals surface area contributed by atoms with Gasteiger partial charge < -0.3 is 14.5 Å². The van der Waals surface area contributed by atoms with Crippen molar-refractivity contribution in [1.82, 2.24) is 24.4 Å². The van der Waals surface area contributed by atoms with Crippen LogP contribution in [-0.4, -0.2) is 56.5 Å². The fourth-order valence-corrected chi connectivity index (χ4v) is 3.57. The highest BCUT2D eigenvalue weighted by atomic mass is 16.5. The molecule has 0 unspecified atom stereocenters. The number of nitrogens with zero attached hydrogens (tertiary/aromatic N) is 6. The molecule has 3 heterocycles. The maximum absolute atomic E-state index is 12.7. The minimum absolute atomic E-state index is 0.00533. The van der Waals surface area contributed by atoms with Crippen LogP contribution in [0.1, 0.15) is 17.1 Å². The van der Waals surface area contributed by atoms with Crippen LogP contribution in [0, 0.1) is 20.8 Å². The molecule has 1 aliphatic heterocycles. The number of amides is 1. The van der Waals surface area contributed by atoms with Gasteiger partial charge in [-0.3, -0.25) is 14.2 Å². The molecule has 0 aliphatic carbocycles. The Morgan fingerprint density at radius 2 is 1.75 bits per heavy atom. The summed E-state index contributed by atoms with van der Waals surface area (Å²) in [4.78, 5) is 42.1. The molecule has 0 saturated carbocycles. The van der Waals surface area contributed by atoms with Gasteiger partial charge in [0.25, 0.3) is 5.56 Å². The largest absolute Gasteiger partial charge is 0.439 e. The van der Waals surface area contributed by atoms with E-state index in [2.05, 4.69) is 19.9 Å². The van der Waals surface area contributed by atoms with Crippen LogP contribution in [0.4, 0.5) is 5.82 Å². The molecule has 0 atom stereocenters. The van der Waals surface area contributed by atoms with E-state index in [0.717, 1.165) is 5.82 Å². The van der Waals surface area contributed by atoms with Crippen molar-refractivity contribution in [3.8, 4) is 11.6 Å². The first-order valence-corrected chi connectivity index (χ1v) is 10.5. The van der Waals surface area contributed by atoms with E-state index in [0.29, 0.717) is 54.9 Å². The average molecular weight is 435 g/mol. The van der Waals surface area contributed by atoms with Crippen molar-refractivity contribution in [2.45, 2.75) is 27.3 Å². The lowest BCUT2D eigenvalue weighted by molar-refractivity contribution is -0.132. The molecule has 32 heavy (non-hydrogen) atoms. The van der Waals surface area contributed by atoms with Gasteiger partial charge in [-0.25, -0.2) is 9.97 Å². The number of hydrogen-bond donors (Lipinski definition) is 0. The second-order valence-electron chi connectivity index (χ2n) is 7.78. The van der Waals surface area contributed by atoms with E-state index in [1.807, 2.05) is 43.3 Å². The van der Waals surface area contributed by atoms with Crippen LogP contribution in [0.15, 0.2) is 47.5 Å². The smallest absolute Gasteiger partial charge is 0.256 e. The Morgan fingerprint density at radius 3 is 2.47 bits per heavy atom. The summed E-state index contributed by atoms with van der Waals surface area (Å²) in [5.41, 5.74) is 1.08. The monoisotopic (exact) mass is 434 g/mol. The highest BCUT2D eigenvalue weighted by molar-refractivity contribution is 5.76. The maximum Gasteiger partial charge on any atom is 0.256 e. The van der Waals surface area contributed by atoms with Crippen LogP contribution in [-0.2, 0) is 11.3 Å². The number of aryl methyl sites for hydroxylation is 2. The number of hydrogen-bond acceptors (Lipinski definition) is 7. The fourth-order valence-electron chi connectivity index (χ4n) is 3.57. The zero-order valence-electron chi connectivity index (χ0n) is 18.5. The van der Waals surface area contributed by atoms with Crippen molar-refractivity contribution in [3.05, 3.63) is 70.2 Å². The molecule has 1 saturated heterocycles. The Balaban J connectivity index is 1.40. The first-order chi connectivity index (χ1) is 15.4. The van der Waals surface area contributed by atoms with Gasteiger partial charge in [-0.15, -0.1) is 0 Å². The van der Waals surface area contributed by atoms with Gasteiger partial charge >= 0.3 is 0 Å². The maximum atomic E-state index is 12.7. The van der Waals surface area contributed by atoms with Gasteiger partial charge in [0.05, 0.1) is 6.33 Å². The molecule has 1 aliphatic rings. The SMILES string of the molecule is Cc1nc(Oc2ccccc2)cc(N2CCN(C(=O)Cn3cnc(C)c(C)c3=O)CC2)n1. The van der Waals surface area contributed by atoms with Crippen molar-refractivity contribution in [2.75, 3.05) is 31.1 Å². The van der Waals surface area contributed by atoms with Crippen molar-refractivity contribution in [3.63, 3.8) is 0 Å². The Morgan fingerprint density at radius 1 is 1.03 bits per heavy atom. The molecular weight excluding hydrogens is 408 g/mol. The van der Waals surface area contributed by atoms with E-state index in [9.17, 15) is 9.59 Å². The molecule has 1 fully saturated rings. The van der Waals surface area contributed by atoms with E-state index in [-0.39, 0.29) is 18.0 Å². The molecule has 1 aromatic carbocycles. The third-order valence-corrected chi connectivity index (χ3v) is 5.54. The minimum Gasteiger partial charge on any atom is -0.439 e. The van der Waals surface area contributed by atoms with Crippen LogP contribution >= 0.6 is 0 Å². The number of carbonyl (C=O) groups excluding carboxylic acids is 1. The molecular formula is C23H26N6O3. The van der Waals surface area contributed by atoms with Crippen molar-refractivity contribution in [2.24, 2.45) is 0 Å². The van der Waals surface area contributed by atoms with Crippen molar-refractivity contribution < 1.29 is 9.53 Å². The van der Waals surface area contributed by atoms with Crippen molar-refractivity contribution in [1.29, 1.82) is 0 Å². The van der Waals surface area contributed by atoms with Gasteiger partial charge in [-0.05, 0) is 32.9 Å². The average Bonchev–Trinajstić information content (AvgIpc) is 2.80. The highest BCUT2D eigenvalue weighted by Crippen LogP contribution is 2.23. The third kappa shape index (κ3) is 4.77. The molecule has 166 valence electrons. The van der Waals surface area contributed by atoms with Gasteiger partial charge in [0, 0.05) is 43.5 Å². The molecule has 0 N–H and O–H groups in total. The standard InChI is InChI=1S/C23H26N6O3/c1-16-17(2)24-15-29(23(16)31)14-22(30)28-11-9-27(10-12-28)20-13-21(26-18(3)25-20)32-19-7-5-4-6-8-19/h4-8,13,15H,9-12,14H2,1-3H3. The lowest BCUT2D eigenvalue weighted by Crippen LogP contribution is -2.50. The van der Waals surface area contributed by atoms with Crippen molar-refractivity contribution >= 4 is 11.7 Å². The minimum atomic E-state index is -0.174. The van der Waals surface area contributed by atoms with Gasteiger partial charge in [-0.1, -0.05) is 18.2 Å². The topological polar surface area (TPSA) is 93.5 Å². The van der Waals surface area contributed by atoms with E-state index in [1.165, 1.54) is 10.9 Å². The number of rotatable bonds is 5. The van der Waals surface area contributed by atoms with Gasteiger partial charge in [0.2, 0.25) is 11.8 Å². The third-order valence-electron chi connectivity index (χ3n) is 5.54. The fraction of sp³-hybridized carbons (Fsp3) is 0.348. The van der Waals surface area contributed by atoms with E-state index < -0.39 is 0 Å². The van der Waals surface area contributed by atoms with Gasteiger partial charge in [0.15, 0.2) is 0 Å². The first-order valence-electron chi connectivity index (χ1n) is 10.5. The summed E-state index contributed by atoms with van der Waals surface area (Å²) < 4.78 is 7.24. The normalized spacial score (nSPS) is 13.8. The Kier molecular flexibility index (Phi) is 6.16. The molecule has 2 aromatic heterocycles. The molecule has 3 aromatic rings. The van der Waals surface area contributed by atoms with Crippen LogP contribution in [0.3, 0.4) is 0 Å². The number of piperazine rings is 1. The van der Waals surface area contributed by atoms with Crippen LogP contribution in [0.25, 0.3) is 0 Å². The summed E-state index contributed by atoms with van der Waals surface area (Å²) in [5, 5.41) is 0. The Labute approximate surface area is 186 Å². The second-order valence-corrected chi connectivity index (χ2v) is 7.78. The number of aromatic nitrogens is 4. The number of carbonyl (C=O) groups is 1.